The van der Waals surface area contributed by atoms with Crippen molar-refractivity contribution in [1.82, 2.24) is 24.6 Å². The Morgan fingerprint density at radius 3 is 3.00 bits per heavy atom. The third-order valence-electron chi connectivity index (χ3n) is 6.56. The Labute approximate surface area is 165 Å². The largest absolute Gasteiger partial charge is 0.391 e. The minimum absolute atomic E-state index is 0.264. The van der Waals surface area contributed by atoms with Crippen LogP contribution in [0.3, 0.4) is 0 Å². The number of aryl methyl sites for hydroxylation is 1. The van der Waals surface area contributed by atoms with Crippen molar-refractivity contribution in [3.63, 3.8) is 0 Å². The van der Waals surface area contributed by atoms with Crippen molar-refractivity contribution < 1.29 is 5.11 Å². The maximum Gasteiger partial charge on any atom is 0.225 e. The van der Waals surface area contributed by atoms with Gasteiger partial charge in [0.15, 0.2) is 0 Å². The Morgan fingerprint density at radius 1 is 1.32 bits per heavy atom. The maximum absolute atomic E-state index is 9.97. The quantitative estimate of drug-likeness (QED) is 0.878. The van der Waals surface area contributed by atoms with E-state index in [0.29, 0.717) is 18.6 Å². The van der Waals surface area contributed by atoms with E-state index in [-0.39, 0.29) is 6.10 Å². The van der Waals surface area contributed by atoms with Crippen LogP contribution in [0.4, 0.5) is 5.95 Å². The Balaban J connectivity index is 1.39. The van der Waals surface area contributed by atoms with Gasteiger partial charge in [0.2, 0.25) is 5.95 Å². The third-order valence-corrected chi connectivity index (χ3v) is 6.56. The smallest absolute Gasteiger partial charge is 0.225 e. The zero-order chi connectivity index (χ0) is 19.3. The molecule has 28 heavy (non-hydrogen) atoms. The van der Waals surface area contributed by atoms with E-state index in [2.05, 4.69) is 34.6 Å². The van der Waals surface area contributed by atoms with Gasteiger partial charge < -0.3 is 10.0 Å². The zero-order valence-electron chi connectivity index (χ0n) is 16.5. The molecular formula is C21H28N6O. The fourth-order valence-electron chi connectivity index (χ4n) is 5.06. The van der Waals surface area contributed by atoms with Crippen LogP contribution < -0.4 is 4.90 Å². The molecule has 2 saturated heterocycles. The molecule has 3 aliphatic heterocycles. The lowest BCUT2D eigenvalue weighted by Gasteiger charge is -2.36. The molecule has 0 spiro atoms. The van der Waals surface area contributed by atoms with Gasteiger partial charge in [-0.3, -0.25) is 4.90 Å². The first kappa shape index (κ1) is 17.8. The minimum atomic E-state index is -0.264. The second kappa shape index (κ2) is 6.97. The summed E-state index contributed by atoms with van der Waals surface area (Å²) in [4.78, 5) is 14.4. The summed E-state index contributed by atoms with van der Waals surface area (Å²) in [6.07, 6.45) is 10.8. The van der Waals surface area contributed by atoms with E-state index in [9.17, 15) is 5.11 Å². The highest BCUT2D eigenvalue weighted by atomic mass is 16.3. The Kier molecular flexibility index (Phi) is 4.44. The molecule has 0 saturated carbocycles. The van der Waals surface area contributed by atoms with Crippen LogP contribution in [0.2, 0.25) is 0 Å². The van der Waals surface area contributed by atoms with Crippen molar-refractivity contribution in [2.75, 3.05) is 18.0 Å². The van der Waals surface area contributed by atoms with Gasteiger partial charge in [-0.15, -0.1) is 0 Å². The molecule has 2 fully saturated rings. The molecular weight excluding hydrogens is 352 g/mol. The number of aromatic nitrogens is 4. The molecule has 5 rings (SSSR count). The van der Waals surface area contributed by atoms with Crippen LogP contribution >= 0.6 is 0 Å². The molecule has 0 aliphatic carbocycles. The number of aliphatic hydroxyl groups is 1. The highest BCUT2D eigenvalue weighted by Gasteiger charge is 2.41. The van der Waals surface area contributed by atoms with Gasteiger partial charge in [0.05, 0.1) is 17.5 Å². The molecule has 0 aromatic carbocycles. The van der Waals surface area contributed by atoms with E-state index in [4.69, 9.17) is 9.97 Å². The molecule has 7 heteroatoms. The fourth-order valence-corrected chi connectivity index (χ4v) is 5.06. The SMILES string of the molecule is C=Cn1cc(CN2C3CCC2c2cnc(N4CCCC(O)C4)nc2C3)c(C)n1. The first-order valence-electron chi connectivity index (χ1n) is 10.3. The molecule has 2 bridgehead atoms. The number of hydrogen-bond donors (Lipinski definition) is 1. The summed E-state index contributed by atoms with van der Waals surface area (Å²) in [5, 5.41) is 14.5. The van der Waals surface area contributed by atoms with Gasteiger partial charge in [0.25, 0.3) is 0 Å². The van der Waals surface area contributed by atoms with Gasteiger partial charge in [-0.2, -0.15) is 5.10 Å². The first-order valence-corrected chi connectivity index (χ1v) is 10.3. The van der Waals surface area contributed by atoms with Crippen LogP contribution in [0.1, 0.15) is 54.2 Å². The fraction of sp³-hybridized carbons (Fsp3) is 0.571. The molecule has 0 radical (unpaired) electrons. The summed E-state index contributed by atoms with van der Waals surface area (Å²) in [7, 11) is 0. The van der Waals surface area contributed by atoms with Gasteiger partial charge in [-0.05, 0) is 32.6 Å². The van der Waals surface area contributed by atoms with E-state index in [1.54, 1.807) is 10.9 Å². The zero-order valence-corrected chi connectivity index (χ0v) is 16.5. The summed E-state index contributed by atoms with van der Waals surface area (Å²) in [6, 6.07) is 0.917. The van der Waals surface area contributed by atoms with Crippen LogP contribution in [0.15, 0.2) is 19.0 Å². The van der Waals surface area contributed by atoms with Crippen LogP contribution in [0.25, 0.3) is 6.20 Å². The number of nitrogens with zero attached hydrogens (tertiary/aromatic N) is 6. The van der Waals surface area contributed by atoms with Gasteiger partial charge in [0.1, 0.15) is 0 Å². The van der Waals surface area contributed by atoms with Crippen molar-refractivity contribution in [1.29, 1.82) is 0 Å². The number of hydrogen-bond acceptors (Lipinski definition) is 6. The molecule has 3 aliphatic rings. The summed E-state index contributed by atoms with van der Waals surface area (Å²) in [6.45, 7) is 8.36. The average Bonchev–Trinajstić information content (AvgIpc) is 3.19. The molecule has 0 amide bonds. The number of aliphatic hydroxyl groups excluding tert-OH is 1. The highest BCUT2D eigenvalue weighted by Crippen LogP contribution is 2.44. The Hall–Kier alpha value is -2.25. The number of fused-ring (bicyclic) bond motifs is 4. The molecule has 1 N–H and O–H groups in total. The van der Waals surface area contributed by atoms with Crippen molar-refractivity contribution in [2.24, 2.45) is 0 Å². The minimum Gasteiger partial charge on any atom is -0.391 e. The molecule has 2 aromatic heterocycles. The second-order valence-corrected chi connectivity index (χ2v) is 8.34. The number of rotatable bonds is 4. The van der Waals surface area contributed by atoms with E-state index in [0.717, 1.165) is 50.4 Å². The third kappa shape index (κ3) is 3.02. The van der Waals surface area contributed by atoms with Crippen LogP contribution in [0, 0.1) is 6.92 Å². The normalized spacial score (nSPS) is 27.1. The molecule has 5 heterocycles. The van der Waals surface area contributed by atoms with E-state index in [1.165, 1.54) is 23.2 Å². The Morgan fingerprint density at radius 2 is 2.21 bits per heavy atom. The van der Waals surface area contributed by atoms with Gasteiger partial charge >= 0.3 is 0 Å². The predicted octanol–water partition coefficient (Wildman–Crippen LogP) is 2.30. The molecule has 2 aromatic rings. The lowest BCUT2D eigenvalue weighted by Crippen LogP contribution is -2.41. The van der Waals surface area contributed by atoms with E-state index >= 15 is 0 Å². The van der Waals surface area contributed by atoms with Crippen molar-refractivity contribution in [2.45, 2.75) is 63.8 Å². The summed E-state index contributed by atoms with van der Waals surface area (Å²) in [5.41, 5.74) is 4.82. The lowest BCUT2D eigenvalue weighted by atomic mass is 9.98. The van der Waals surface area contributed by atoms with Crippen LogP contribution in [-0.2, 0) is 13.0 Å². The topological polar surface area (TPSA) is 70.3 Å². The standard InChI is InChI=1S/C21H28N6O/c1-3-26-11-15(14(2)24-26)12-27-16-6-7-20(27)18-10-22-21(23-19(18)9-16)25-8-4-5-17(28)13-25/h3,10-11,16-17,20,28H,1,4-9,12-13H2,2H3. The summed E-state index contributed by atoms with van der Waals surface area (Å²) >= 11 is 0. The van der Waals surface area contributed by atoms with Crippen molar-refractivity contribution in [3.8, 4) is 0 Å². The van der Waals surface area contributed by atoms with Gasteiger partial charge in [-0.25, -0.2) is 14.6 Å². The lowest BCUT2D eigenvalue weighted by molar-refractivity contribution is 0.153. The number of anilines is 1. The van der Waals surface area contributed by atoms with Crippen molar-refractivity contribution >= 4 is 12.1 Å². The predicted molar refractivity (Wildman–Crippen MR) is 108 cm³/mol. The van der Waals surface area contributed by atoms with Crippen molar-refractivity contribution in [3.05, 3.63) is 41.5 Å². The maximum atomic E-state index is 9.97. The molecule has 148 valence electrons. The van der Waals surface area contributed by atoms with Crippen LogP contribution in [-0.4, -0.2) is 55.0 Å². The molecule has 3 unspecified atom stereocenters. The van der Waals surface area contributed by atoms with E-state index in [1.807, 2.05) is 6.20 Å². The molecule has 7 nitrogen and oxygen atoms in total. The summed E-state index contributed by atoms with van der Waals surface area (Å²) < 4.78 is 1.80. The van der Waals surface area contributed by atoms with Crippen LogP contribution in [0.5, 0.6) is 0 Å². The summed E-state index contributed by atoms with van der Waals surface area (Å²) in [5.74, 6) is 0.786. The first-order chi connectivity index (χ1) is 13.6. The molecule has 3 atom stereocenters. The van der Waals surface area contributed by atoms with E-state index < -0.39 is 0 Å². The number of β-amino-alcohol motifs (C(OH)–C–C–N with tert-alkyl or cyclic N) is 1. The number of piperidine rings is 1. The van der Waals surface area contributed by atoms with Gasteiger partial charge in [0, 0.05) is 67.9 Å². The Bertz CT molecular complexity index is 893. The highest BCUT2D eigenvalue weighted by molar-refractivity contribution is 5.38. The van der Waals surface area contributed by atoms with Gasteiger partial charge in [-0.1, -0.05) is 6.58 Å². The average molecular weight is 380 g/mol. The monoisotopic (exact) mass is 380 g/mol. The second-order valence-electron chi connectivity index (χ2n) is 8.34.